The zero-order valence-corrected chi connectivity index (χ0v) is 16.2. The number of aromatic nitrogens is 2. The smallest absolute Gasteiger partial charge is 0.123 e. The molecule has 0 unspecified atom stereocenters. The van der Waals surface area contributed by atoms with Crippen LogP contribution in [-0.2, 0) is 6.54 Å². The van der Waals surface area contributed by atoms with Crippen LogP contribution >= 0.6 is 12.2 Å². The van der Waals surface area contributed by atoms with E-state index in [2.05, 4.69) is 12.0 Å². The maximum Gasteiger partial charge on any atom is 0.123 e. The average Bonchev–Trinajstić information content (AvgIpc) is 2.62. The van der Waals surface area contributed by atoms with Gasteiger partial charge in [-0.25, -0.2) is 9.07 Å². The zero-order chi connectivity index (χ0) is 18.8. The SMILES string of the molecule is COc1ccc(C)c(Cn2nc(C)c(-c3ccc(F)cc3)cc2=S)c1C. The number of ether oxygens (including phenoxy) is 1. The predicted molar refractivity (Wildman–Crippen MR) is 105 cm³/mol. The number of nitrogens with zero attached hydrogens (tertiary/aromatic N) is 2. The second-order valence-corrected chi connectivity index (χ2v) is 6.75. The third kappa shape index (κ3) is 3.53. The van der Waals surface area contributed by atoms with Crippen LogP contribution in [0.4, 0.5) is 4.39 Å². The van der Waals surface area contributed by atoms with Gasteiger partial charge in [-0.05, 0) is 67.3 Å². The number of rotatable bonds is 4. The molecule has 1 aromatic heterocycles. The van der Waals surface area contributed by atoms with Crippen LogP contribution in [0.5, 0.6) is 5.75 Å². The van der Waals surface area contributed by atoms with Crippen molar-refractivity contribution in [2.24, 2.45) is 0 Å². The van der Waals surface area contributed by atoms with Gasteiger partial charge in [0.05, 0.1) is 19.3 Å². The van der Waals surface area contributed by atoms with Crippen LogP contribution in [-0.4, -0.2) is 16.9 Å². The minimum atomic E-state index is -0.257. The van der Waals surface area contributed by atoms with Gasteiger partial charge < -0.3 is 4.74 Å². The number of methoxy groups -OCH3 is 1. The van der Waals surface area contributed by atoms with Crippen LogP contribution in [0, 0.1) is 31.2 Å². The van der Waals surface area contributed by atoms with Gasteiger partial charge in [0, 0.05) is 5.56 Å². The van der Waals surface area contributed by atoms with Gasteiger partial charge in [-0.1, -0.05) is 30.4 Å². The Morgan fingerprint density at radius 3 is 2.42 bits per heavy atom. The molecular formula is C21H21FN2OS. The quantitative estimate of drug-likeness (QED) is 0.577. The van der Waals surface area contributed by atoms with Gasteiger partial charge in [-0.15, -0.1) is 0 Å². The highest BCUT2D eigenvalue weighted by molar-refractivity contribution is 7.71. The molecule has 2 aromatic carbocycles. The van der Waals surface area contributed by atoms with Crippen molar-refractivity contribution in [3.63, 3.8) is 0 Å². The Hall–Kier alpha value is -2.53. The molecule has 3 nitrogen and oxygen atoms in total. The van der Waals surface area contributed by atoms with Crippen molar-refractivity contribution >= 4 is 12.2 Å². The standard InChI is InChI=1S/C21H21FN2OS/c1-13-5-10-20(25-4)14(2)19(13)12-24-21(26)11-18(15(3)23-24)16-6-8-17(22)9-7-16/h5-11H,12H2,1-4H3. The number of hydrogen-bond donors (Lipinski definition) is 0. The molecule has 0 aliphatic carbocycles. The molecular weight excluding hydrogens is 347 g/mol. The van der Waals surface area contributed by atoms with E-state index in [1.807, 2.05) is 36.7 Å². The maximum absolute atomic E-state index is 13.2. The highest BCUT2D eigenvalue weighted by Crippen LogP contribution is 2.26. The fraction of sp³-hybridized carbons (Fsp3) is 0.238. The molecule has 0 saturated carbocycles. The average molecular weight is 368 g/mol. The summed E-state index contributed by atoms with van der Waals surface area (Å²) < 4.78 is 21.1. The lowest BCUT2D eigenvalue weighted by Crippen LogP contribution is -2.11. The van der Waals surface area contributed by atoms with E-state index in [0.29, 0.717) is 11.2 Å². The Kier molecular flexibility index (Phi) is 5.18. The lowest BCUT2D eigenvalue weighted by molar-refractivity contribution is 0.410. The third-order valence-corrected chi connectivity index (χ3v) is 4.98. The normalized spacial score (nSPS) is 10.8. The maximum atomic E-state index is 13.2. The van der Waals surface area contributed by atoms with Gasteiger partial charge in [0.15, 0.2) is 0 Å². The van der Waals surface area contributed by atoms with Crippen molar-refractivity contribution in [1.29, 1.82) is 0 Å². The van der Waals surface area contributed by atoms with Gasteiger partial charge >= 0.3 is 0 Å². The van der Waals surface area contributed by atoms with Gasteiger partial charge in [0.2, 0.25) is 0 Å². The molecule has 0 N–H and O–H groups in total. The predicted octanol–water partition coefficient (Wildman–Crippen LogP) is 5.40. The second kappa shape index (κ2) is 7.38. The molecule has 134 valence electrons. The van der Waals surface area contributed by atoms with Crippen LogP contribution in [0.2, 0.25) is 0 Å². The van der Waals surface area contributed by atoms with Gasteiger partial charge in [-0.3, -0.25) is 0 Å². The minimum Gasteiger partial charge on any atom is -0.496 e. The Balaban J connectivity index is 2.02. The molecule has 0 radical (unpaired) electrons. The summed E-state index contributed by atoms with van der Waals surface area (Å²) in [6.45, 7) is 6.64. The molecule has 0 aliphatic rings. The van der Waals surface area contributed by atoms with E-state index in [9.17, 15) is 4.39 Å². The lowest BCUT2D eigenvalue weighted by atomic mass is 10.0. The molecule has 0 bridgehead atoms. The molecule has 0 fully saturated rings. The first kappa shape index (κ1) is 18.3. The molecule has 0 aliphatic heterocycles. The summed E-state index contributed by atoms with van der Waals surface area (Å²) in [6.07, 6.45) is 0. The molecule has 0 atom stereocenters. The summed E-state index contributed by atoms with van der Waals surface area (Å²) in [5.41, 5.74) is 6.10. The fourth-order valence-corrected chi connectivity index (χ4v) is 3.33. The molecule has 1 heterocycles. The zero-order valence-electron chi connectivity index (χ0n) is 15.3. The number of aryl methyl sites for hydroxylation is 2. The van der Waals surface area contributed by atoms with Crippen LogP contribution in [0.3, 0.4) is 0 Å². The highest BCUT2D eigenvalue weighted by Gasteiger charge is 2.11. The summed E-state index contributed by atoms with van der Waals surface area (Å²) >= 11 is 5.57. The second-order valence-electron chi connectivity index (χ2n) is 6.33. The number of benzene rings is 2. The van der Waals surface area contributed by atoms with E-state index >= 15 is 0 Å². The van der Waals surface area contributed by atoms with Crippen molar-refractivity contribution < 1.29 is 9.13 Å². The van der Waals surface area contributed by atoms with Crippen LogP contribution < -0.4 is 4.74 Å². The van der Waals surface area contributed by atoms with E-state index in [0.717, 1.165) is 33.7 Å². The first-order chi connectivity index (χ1) is 12.4. The Bertz CT molecular complexity index is 1010. The van der Waals surface area contributed by atoms with E-state index in [1.54, 1.807) is 19.2 Å². The Morgan fingerprint density at radius 2 is 1.77 bits per heavy atom. The van der Waals surface area contributed by atoms with E-state index in [4.69, 9.17) is 17.0 Å². The van der Waals surface area contributed by atoms with Crippen molar-refractivity contribution in [3.8, 4) is 16.9 Å². The molecule has 3 aromatic rings. The van der Waals surface area contributed by atoms with Gasteiger partial charge in [0.1, 0.15) is 16.2 Å². The fourth-order valence-electron chi connectivity index (χ4n) is 3.11. The first-order valence-corrected chi connectivity index (χ1v) is 8.79. The van der Waals surface area contributed by atoms with E-state index in [-0.39, 0.29) is 5.82 Å². The van der Waals surface area contributed by atoms with Crippen LogP contribution in [0.25, 0.3) is 11.1 Å². The minimum absolute atomic E-state index is 0.257. The molecule has 3 rings (SSSR count). The number of hydrogen-bond acceptors (Lipinski definition) is 3. The van der Waals surface area contributed by atoms with Crippen molar-refractivity contribution in [2.45, 2.75) is 27.3 Å². The Morgan fingerprint density at radius 1 is 1.08 bits per heavy atom. The largest absolute Gasteiger partial charge is 0.496 e. The van der Waals surface area contributed by atoms with Gasteiger partial charge in [-0.2, -0.15) is 5.10 Å². The summed E-state index contributed by atoms with van der Waals surface area (Å²) in [7, 11) is 1.67. The van der Waals surface area contributed by atoms with Crippen LogP contribution in [0.1, 0.15) is 22.4 Å². The van der Waals surface area contributed by atoms with Gasteiger partial charge in [0.25, 0.3) is 0 Å². The molecule has 5 heteroatoms. The van der Waals surface area contributed by atoms with Crippen molar-refractivity contribution in [2.75, 3.05) is 7.11 Å². The summed E-state index contributed by atoms with van der Waals surface area (Å²) in [6, 6.07) is 12.3. The topological polar surface area (TPSA) is 27.1 Å². The summed E-state index contributed by atoms with van der Waals surface area (Å²) in [4.78, 5) is 0. The lowest BCUT2D eigenvalue weighted by Gasteiger charge is -2.16. The summed E-state index contributed by atoms with van der Waals surface area (Å²) in [5.74, 6) is 0.602. The third-order valence-electron chi connectivity index (χ3n) is 4.65. The number of halogens is 1. The summed E-state index contributed by atoms with van der Waals surface area (Å²) in [5, 5.41) is 4.68. The Labute approximate surface area is 158 Å². The van der Waals surface area contributed by atoms with Crippen molar-refractivity contribution in [1.82, 2.24) is 9.78 Å². The molecule has 0 saturated heterocycles. The first-order valence-electron chi connectivity index (χ1n) is 8.38. The van der Waals surface area contributed by atoms with E-state index < -0.39 is 0 Å². The van der Waals surface area contributed by atoms with Crippen molar-refractivity contribution in [3.05, 3.63) is 75.3 Å². The molecule has 0 spiro atoms. The highest BCUT2D eigenvalue weighted by atomic mass is 32.1. The van der Waals surface area contributed by atoms with Crippen LogP contribution in [0.15, 0.2) is 42.5 Å². The molecule has 0 amide bonds. The van der Waals surface area contributed by atoms with E-state index in [1.165, 1.54) is 17.7 Å². The molecule has 26 heavy (non-hydrogen) atoms. The monoisotopic (exact) mass is 368 g/mol.